The van der Waals surface area contributed by atoms with Gasteiger partial charge >= 0.3 is 0 Å². The fraction of sp³-hybridized carbons (Fsp3) is 0.176. The van der Waals surface area contributed by atoms with E-state index in [1.165, 1.54) is 0 Å². The van der Waals surface area contributed by atoms with Crippen molar-refractivity contribution in [2.24, 2.45) is 0 Å². The zero-order valence-electron chi connectivity index (χ0n) is 12.5. The highest BCUT2D eigenvalue weighted by Gasteiger charge is 2.16. The summed E-state index contributed by atoms with van der Waals surface area (Å²) in [6.07, 6.45) is 0. The van der Waals surface area contributed by atoms with Gasteiger partial charge in [0.05, 0.1) is 5.56 Å². The van der Waals surface area contributed by atoms with E-state index in [0.29, 0.717) is 18.3 Å². The molecule has 6 heteroatoms. The molecule has 3 aromatic rings. The number of nitrogens with two attached hydrogens (primary N) is 1. The minimum atomic E-state index is 0.211. The molecule has 0 fully saturated rings. The molecule has 1 heterocycles. The van der Waals surface area contributed by atoms with Gasteiger partial charge in [0, 0.05) is 15.1 Å². The van der Waals surface area contributed by atoms with Crippen molar-refractivity contribution in [2.75, 3.05) is 0 Å². The molecular formula is C17H16BrClN3O+. The molecule has 0 aliphatic carbocycles. The first-order valence-corrected chi connectivity index (χ1v) is 8.47. The zero-order valence-corrected chi connectivity index (χ0v) is 14.9. The predicted octanol–water partition coefficient (Wildman–Crippen LogP) is 3.98. The summed E-state index contributed by atoms with van der Waals surface area (Å²) in [6, 6.07) is 15.8. The van der Waals surface area contributed by atoms with Crippen molar-refractivity contribution in [2.45, 2.75) is 19.5 Å². The van der Waals surface area contributed by atoms with E-state index in [4.69, 9.17) is 16.0 Å². The van der Waals surface area contributed by atoms with Crippen molar-refractivity contribution >= 4 is 27.5 Å². The smallest absolute Gasteiger partial charge is 0.271 e. The summed E-state index contributed by atoms with van der Waals surface area (Å²) in [4.78, 5) is 0. The second-order valence-electron chi connectivity index (χ2n) is 5.23. The van der Waals surface area contributed by atoms with Crippen LogP contribution < -0.4 is 5.32 Å². The third kappa shape index (κ3) is 3.80. The van der Waals surface area contributed by atoms with Crippen LogP contribution in [-0.4, -0.2) is 10.2 Å². The van der Waals surface area contributed by atoms with Gasteiger partial charge in [0.25, 0.3) is 5.89 Å². The van der Waals surface area contributed by atoms with Crippen molar-refractivity contribution in [3.8, 4) is 11.5 Å². The van der Waals surface area contributed by atoms with Gasteiger partial charge in [-0.2, -0.15) is 0 Å². The molecule has 0 amide bonds. The summed E-state index contributed by atoms with van der Waals surface area (Å²) < 4.78 is 6.68. The molecule has 0 spiro atoms. The van der Waals surface area contributed by atoms with Crippen LogP contribution in [0.1, 0.15) is 24.4 Å². The molecule has 0 aliphatic heterocycles. The van der Waals surface area contributed by atoms with Gasteiger partial charge in [-0.1, -0.05) is 41.9 Å². The molecule has 0 saturated heterocycles. The lowest BCUT2D eigenvalue weighted by Gasteiger charge is -2.10. The summed E-state index contributed by atoms with van der Waals surface area (Å²) in [7, 11) is 0. The quantitative estimate of drug-likeness (QED) is 0.713. The number of nitrogens with zero attached hydrogens (tertiary/aromatic N) is 2. The van der Waals surface area contributed by atoms with Gasteiger partial charge in [-0.3, -0.25) is 0 Å². The van der Waals surface area contributed by atoms with E-state index in [0.717, 1.165) is 20.6 Å². The zero-order chi connectivity index (χ0) is 16.2. The predicted molar refractivity (Wildman–Crippen MR) is 92.9 cm³/mol. The van der Waals surface area contributed by atoms with E-state index in [-0.39, 0.29) is 6.04 Å². The Balaban J connectivity index is 1.68. The second kappa shape index (κ2) is 7.25. The lowest BCUT2D eigenvalue weighted by molar-refractivity contribution is -0.709. The maximum Gasteiger partial charge on any atom is 0.271 e. The lowest BCUT2D eigenvalue weighted by Crippen LogP contribution is -2.83. The number of benzene rings is 2. The Kier molecular flexibility index (Phi) is 5.10. The first kappa shape index (κ1) is 16.2. The summed E-state index contributed by atoms with van der Waals surface area (Å²) >= 11 is 9.72. The van der Waals surface area contributed by atoms with Crippen LogP contribution in [0.25, 0.3) is 11.5 Å². The van der Waals surface area contributed by atoms with Crippen LogP contribution >= 0.6 is 27.5 Å². The van der Waals surface area contributed by atoms with Gasteiger partial charge < -0.3 is 9.73 Å². The highest BCUT2D eigenvalue weighted by molar-refractivity contribution is 9.10. The van der Waals surface area contributed by atoms with Crippen LogP contribution in [0.2, 0.25) is 5.02 Å². The monoisotopic (exact) mass is 392 g/mol. The Morgan fingerprint density at radius 2 is 1.87 bits per heavy atom. The van der Waals surface area contributed by atoms with Crippen LogP contribution in [0.15, 0.2) is 57.4 Å². The van der Waals surface area contributed by atoms with E-state index in [9.17, 15) is 0 Å². The Hall–Kier alpha value is -1.69. The number of rotatable bonds is 5. The summed E-state index contributed by atoms with van der Waals surface area (Å²) in [6.45, 7) is 2.70. The largest absolute Gasteiger partial charge is 0.415 e. The van der Waals surface area contributed by atoms with E-state index >= 15 is 0 Å². The van der Waals surface area contributed by atoms with Crippen LogP contribution in [0, 0.1) is 0 Å². The van der Waals surface area contributed by atoms with Gasteiger partial charge in [-0.05, 0) is 41.1 Å². The Labute approximate surface area is 148 Å². The van der Waals surface area contributed by atoms with Crippen LogP contribution in [0.3, 0.4) is 0 Å². The van der Waals surface area contributed by atoms with Crippen molar-refractivity contribution in [1.29, 1.82) is 0 Å². The van der Waals surface area contributed by atoms with Crippen LogP contribution in [0.5, 0.6) is 0 Å². The summed E-state index contributed by atoms with van der Waals surface area (Å²) in [5.74, 6) is 1.11. The molecule has 0 aliphatic rings. The average Bonchev–Trinajstić information content (AvgIpc) is 3.02. The van der Waals surface area contributed by atoms with Crippen LogP contribution in [0.4, 0.5) is 0 Å². The van der Waals surface area contributed by atoms with Gasteiger partial charge in [0.2, 0.25) is 5.89 Å². The van der Waals surface area contributed by atoms with E-state index in [2.05, 4.69) is 38.4 Å². The standard InChI is InChI=1S/C17H15BrClN3O/c1-11(12-6-3-5-9-15(12)19)20-10-16-21-22-17(23-16)13-7-2-4-8-14(13)18/h2-9,11,20H,10H2,1H3/p+1/t11-/m1/s1. The van der Waals surface area contributed by atoms with Gasteiger partial charge in [0.1, 0.15) is 6.04 Å². The Morgan fingerprint density at radius 3 is 2.65 bits per heavy atom. The van der Waals surface area contributed by atoms with Crippen molar-refractivity contribution in [3.05, 3.63) is 69.5 Å². The fourth-order valence-electron chi connectivity index (χ4n) is 2.33. The third-order valence-corrected chi connectivity index (χ3v) is 4.65. The number of halogens is 2. The number of aromatic nitrogens is 2. The molecule has 3 rings (SSSR count). The molecule has 0 bridgehead atoms. The first-order chi connectivity index (χ1) is 11.1. The molecular weight excluding hydrogens is 378 g/mol. The summed E-state index contributed by atoms with van der Waals surface area (Å²) in [5, 5.41) is 11.1. The lowest BCUT2D eigenvalue weighted by atomic mass is 10.1. The molecule has 2 N–H and O–H groups in total. The van der Waals surface area contributed by atoms with E-state index in [1.807, 2.05) is 48.5 Å². The fourth-order valence-corrected chi connectivity index (χ4v) is 3.09. The Bertz CT molecular complexity index is 806. The van der Waals surface area contributed by atoms with E-state index < -0.39 is 0 Å². The summed E-state index contributed by atoms with van der Waals surface area (Å²) in [5.41, 5.74) is 1.99. The maximum atomic E-state index is 6.23. The maximum absolute atomic E-state index is 6.23. The molecule has 0 radical (unpaired) electrons. The molecule has 0 saturated carbocycles. The highest BCUT2D eigenvalue weighted by Crippen LogP contribution is 2.26. The average molecular weight is 394 g/mol. The molecule has 1 aromatic heterocycles. The van der Waals surface area contributed by atoms with Gasteiger partial charge in [0.15, 0.2) is 6.54 Å². The van der Waals surface area contributed by atoms with Crippen molar-refractivity contribution in [3.63, 3.8) is 0 Å². The molecule has 2 aromatic carbocycles. The minimum absolute atomic E-state index is 0.211. The van der Waals surface area contributed by atoms with Crippen molar-refractivity contribution in [1.82, 2.24) is 10.2 Å². The number of quaternary nitrogens is 1. The van der Waals surface area contributed by atoms with Gasteiger partial charge in [-0.25, -0.2) is 0 Å². The molecule has 23 heavy (non-hydrogen) atoms. The highest BCUT2D eigenvalue weighted by atomic mass is 79.9. The SMILES string of the molecule is C[C@@H]([NH2+]Cc1nnc(-c2ccccc2Br)o1)c1ccccc1Cl. The normalized spacial score (nSPS) is 12.3. The van der Waals surface area contributed by atoms with Gasteiger partial charge in [-0.15, -0.1) is 10.2 Å². The Morgan fingerprint density at radius 1 is 1.13 bits per heavy atom. The number of hydrogen-bond acceptors (Lipinski definition) is 3. The molecule has 118 valence electrons. The van der Waals surface area contributed by atoms with Crippen LogP contribution in [-0.2, 0) is 6.54 Å². The number of hydrogen-bond donors (Lipinski definition) is 1. The third-order valence-electron chi connectivity index (χ3n) is 3.61. The molecule has 1 atom stereocenters. The second-order valence-corrected chi connectivity index (χ2v) is 6.49. The first-order valence-electron chi connectivity index (χ1n) is 7.30. The molecule has 4 nitrogen and oxygen atoms in total. The van der Waals surface area contributed by atoms with E-state index in [1.54, 1.807) is 0 Å². The molecule has 0 unspecified atom stereocenters. The van der Waals surface area contributed by atoms with Crippen molar-refractivity contribution < 1.29 is 9.73 Å². The topological polar surface area (TPSA) is 55.5 Å². The minimum Gasteiger partial charge on any atom is -0.415 e.